The first-order valence-electron chi connectivity index (χ1n) is 5.10. The van der Waals surface area contributed by atoms with E-state index in [4.69, 9.17) is 16.3 Å². The molecule has 5 heteroatoms. The molecule has 1 aliphatic rings. The number of ether oxygens (including phenoxy) is 1. The summed E-state index contributed by atoms with van der Waals surface area (Å²) in [5.74, 6) is 0. The summed E-state index contributed by atoms with van der Waals surface area (Å²) in [7, 11) is 0. The smallest absolute Gasteiger partial charge is 0.0948 e. The van der Waals surface area contributed by atoms with Crippen molar-refractivity contribution in [2.45, 2.75) is 18.7 Å². The predicted molar refractivity (Wildman–Crippen MR) is 66.6 cm³/mol. The first kappa shape index (κ1) is 12.3. The lowest BCUT2D eigenvalue weighted by atomic mass is 10.2. The Hall–Kier alpha value is -0.130. The Morgan fingerprint density at radius 1 is 1.50 bits per heavy atom. The monoisotopic (exact) mass is 305 g/mol. The van der Waals surface area contributed by atoms with E-state index in [9.17, 15) is 5.11 Å². The molecule has 1 heterocycles. The van der Waals surface area contributed by atoms with Gasteiger partial charge in [-0.1, -0.05) is 27.5 Å². The topological polar surface area (TPSA) is 41.5 Å². The minimum absolute atomic E-state index is 0.00545. The molecule has 2 unspecified atom stereocenters. The fraction of sp³-hybridized carbons (Fsp3) is 0.455. The molecule has 3 nitrogen and oxygen atoms in total. The molecule has 0 radical (unpaired) electrons. The fourth-order valence-electron chi connectivity index (χ4n) is 1.66. The van der Waals surface area contributed by atoms with E-state index in [0.717, 1.165) is 10.0 Å². The van der Waals surface area contributed by atoms with Gasteiger partial charge in [0.15, 0.2) is 0 Å². The molecule has 0 bridgehead atoms. The van der Waals surface area contributed by atoms with Crippen molar-refractivity contribution in [3.05, 3.63) is 33.3 Å². The van der Waals surface area contributed by atoms with Gasteiger partial charge in [0, 0.05) is 16.0 Å². The van der Waals surface area contributed by atoms with Crippen LogP contribution < -0.4 is 5.32 Å². The van der Waals surface area contributed by atoms with Crippen molar-refractivity contribution in [1.29, 1.82) is 0 Å². The van der Waals surface area contributed by atoms with Crippen molar-refractivity contribution in [2.75, 3.05) is 13.2 Å². The van der Waals surface area contributed by atoms with Gasteiger partial charge in [0.05, 0.1) is 25.4 Å². The minimum Gasteiger partial charge on any atom is -0.389 e. The predicted octanol–water partition coefficient (Wildman–Crippen LogP) is 1.95. The number of hydrogen-bond acceptors (Lipinski definition) is 3. The second kappa shape index (κ2) is 5.47. The summed E-state index contributed by atoms with van der Waals surface area (Å²) in [5, 5.41) is 13.5. The van der Waals surface area contributed by atoms with Gasteiger partial charge in [-0.2, -0.15) is 0 Å². The van der Waals surface area contributed by atoms with E-state index in [1.54, 1.807) is 0 Å². The van der Waals surface area contributed by atoms with Crippen molar-refractivity contribution < 1.29 is 9.84 Å². The van der Waals surface area contributed by atoms with Crippen LogP contribution in [-0.4, -0.2) is 30.5 Å². The van der Waals surface area contributed by atoms with Gasteiger partial charge in [0.2, 0.25) is 0 Å². The summed E-state index contributed by atoms with van der Waals surface area (Å²) in [5.41, 5.74) is 1.08. The normalized spacial score (nSPS) is 24.9. The molecule has 0 amide bonds. The molecule has 2 N–H and O–H groups in total. The Morgan fingerprint density at radius 2 is 2.31 bits per heavy atom. The van der Waals surface area contributed by atoms with E-state index >= 15 is 0 Å². The van der Waals surface area contributed by atoms with Crippen LogP contribution in [0.15, 0.2) is 22.7 Å². The fourth-order valence-corrected chi connectivity index (χ4v) is 2.24. The van der Waals surface area contributed by atoms with Gasteiger partial charge in [-0.15, -0.1) is 0 Å². The number of nitrogens with one attached hydrogen (secondary N) is 1. The van der Waals surface area contributed by atoms with Crippen LogP contribution in [0, 0.1) is 0 Å². The van der Waals surface area contributed by atoms with Crippen LogP contribution in [0.4, 0.5) is 0 Å². The highest BCUT2D eigenvalue weighted by Crippen LogP contribution is 2.21. The highest BCUT2D eigenvalue weighted by Gasteiger charge is 2.25. The first-order valence-corrected chi connectivity index (χ1v) is 6.27. The van der Waals surface area contributed by atoms with Gasteiger partial charge in [0.25, 0.3) is 0 Å². The van der Waals surface area contributed by atoms with Gasteiger partial charge in [-0.25, -0.2) is 0 Å². The third-order valence-corrected chi connectivity index (χ3v) is 3.62. The quantitative estimate of drug-likeness (QED) is 0.897. The lowest BCUT2D eigenvalue weighted by Crippen LogP contribution is -2.38. The lowest BCUT2D eigenvalue weighted by molar-refractivity contribution is 0.122. The number of aliphatic hydroxyl groups is 1. The van der Waals surface area contributed by atoms with Crippen molar-refractivity contribution in [3.63, 3.8) is 0 Å². The van der Waals surface area contributed by atoms with Crippen LogP contribution in [-0.2, 0) is 11.3 Å². The SMILES string of the molecule is OC1COCC1NCc1cc(Cl)ccc1Br. The summed E-state index contributed by atoms with van der Waals surface area (Å²) in [6.07, 6.45) is -0.419. The second-order valence-corrected chi connectivity index (χ2v) is 5.12. The molecule has 0 aliphatic carbocycles. The van der Waals surface area contributed by atoms with E-state index in [2.05, 4.69) is 21.2 Å². The number of hydrogen-bond donors (Lipinski definition) is 2. The molecule has 16 heavy (non-hydrogen) atoms. The molecule has 2 atom stereocenters. The number of benzene rings is 1. The Balaban J connectivity index is 1.96. The minimum atomic E-state index is -0.419. The zero-order valence-electron chi connectivity index (χ0n) is 8.62. The van der Waals surface area contributed by atoms with Gasteiger partial charge in [0.1, 0.15) is 0 Å². The maximum Gasteiger partial charge on any atom is 0.0948 e. The van der Waals surface area contributed by atoms with Crippen LogP contribution in [0.3, 0.4) is 0 Å². The maximum absolute atomic E-state index is 9.57. The zero-order chi connectivity index (χ0) is 11.5. The molecule has 1 aromatic rings. The summed E-state index contributed by atoms with van der Waals surface area (Å²) in [6, 6.07) is 5.66. The molecular formula is C11H13BrClNO2. The van der Waals surface area contributed by atoms with E-state index in [1.165, 1.54) is 0 Å². The van der Waals surface area contributed by atoms with Crippen LogP contribution in [0.1, 0.15) is 5.56 Å². The maximum atomic E-state index is 9.57. The average molecular weight is 307 g/mol. The van der Waals surface area contributed by atoms with E-state index in [1.807, 2.05) is 18.2 Å². The number of aliphatic hydroxyl groups excluding tert-OH is 1. The Kier molecular flexibility index (Phi) is 4.21. The Labute approximate surface area is 108 Å². The van der Waals surface area contributed by atoms with Gasteiger partial charge in [-0.3, -0.25) is 0 Å². The molecule has 0 spiro atoms. The van der Waals surface area contributed by atoms with E-state index < -0.39 is 6.10 Å². The van der Waals surface area contributed by atoms with Crippen LogP contribution >= 0.6 is 27.5 Å². The van der Waals surface area contributed by atoms with Crippen LogP contribution in [0.25, 0.3) is 0 Å². The van der Waals surface area contributed by atoms with Crippen molar-refractivity contribution >= 4 is 27.5 Å². The molecule has 1 aromatic carbocycles. The largest absolute Gasteiger partial charge is 0.389 e. The lowest BCUT2D eigenvalue weighted by Gasteiger charge is -2.15. The molecule has 1 saturated heterocycles. The van der Waals surface area contributed by atoms with Crippen LogP contribution in [0.5, 0.6) is 0 Å². The molecule has 2 rings (SSSR count). The van der Waals surface area contributed by atoms with Crippen molar-refractivity contribution in [2.24, 2.45) is 0 Å². The molecule has 1 aliphatic heterocycles. The molecule has 0 aromatic heterocycles. The van der Waals surface area contributed by atoms with Crippen molar-refractivity contribution in [3.8, 4) is 0 Å². The van der Waals surface area contributed by atoms with Gasteiger partial charge < -0.3 is 15.2 Å². The average Bonchev–Trinajstić information content (AvgIpc) is 2.66. The number of halogens is 2. The third-order valence-electron chi connectivity index (χ3n) is 2.61. The summed E-state index contributed by atoms with van der Waals surface area (Å²) in [6.45, 7) is 1.62. The summed E-state index contributed by atoms with van der Waals surface area (Å²) < 4.78 is 6.17. The highest BCUT2D eigenvalue weighted by molar-refractivity contribution is 9.10. The zero-order valence-corrected chi connectivity index (χ0v) is 11.0. The number of rotatable bonds is 3. The second-order valence-electron chi connectivity index (χ2n) is 3.83. The third kappa shape index (κ3) is 2.96. The molecule has 0 saturated carbocycles. The van der Waals surface area contributed by atoms with Gasteiger partial charge in [-0.05, 0) is 23.8 Å². The highest BCUT2D eigenvalue weighted by atomic mass is 79.9. The first-order chi connectivity index (χ1) is 7.66. The Bertz CT molecular complexity index is 375. The van der Waals surface area contributed by atoms with Gasteiger partial charge >= 0.3 is 0 Å². The summed E-state index contributed by atoms with van der Waals surface area (Å²) in [4.78, 5) is 0. The Morgan fingerprint density at radius 3 is 3.00 bits per heavy atom. The van der Waals surface area contributed by atoms with Crippen molar-refractivity contribution in [1.82, 2.24) is 5.32 Å². The molecule has 1 fully saturated rings. The van der Waals surface area contributed by atoms with E-state index in [0.29, 0.717) is 24.8 Å². The summed E-state index contributed by atoms with van der Waals surface area (Å²) >= 11 is 9.38. The molecular weight excluding hydrogens is 293 g/mol. The molecule has 88 valence electrons. The standard InChI is InChI=1S/C11H13BrClNO2/c12-9-2-1-8(13)3-7(9)4-14-10-5-16-6-11(10)15/h1-3,10-11,14-15H,4-6H2. The van der Waals surface area contributed by atoms with E-state index in [-0.39, 0.29) is 6.04 Å². The van der Waals surface area contributed by atoms with Crippen LogP contribution in [0.2, 0.25) is 5.02 Å².